The Labute approximate surface area is 115 Å². The van der Waals surface area contributed by atoms with Crippen molar-refractivity contribution in [2.75, 3.05) is 6.67 Å². The van der Waals surface area contributed by atoms with Crippen LogP contribution in [0, 0.1) is 11.6 Å². The molecular formula is C14H17F3O3. The van der Waals surface area contributed by atoms with Crippen molar-refractivity contribution in [3.63, 3.8) is 0 Å². The third kappa shape index (κ3) is 3.23. The second kappa shape index (κ2) is 7.17. The van der Waals surface area contributed by atoms with E-state index in [9.17, 15) is 28.2 Å². The topological polar surface area (TPSA) is 57.5 Å². The van der Waals surface area contributed by atoms with Crippen molar-refractivity contribution in [1.82, 2.24) is 0 Å². The van der Waals surface area contributed by atoms with Crippen LogP contribution in [0.4, 0.5) is 13.2 Å². The molecular weight excluding hydrogens is 273 g/mol. The number of aromatic hydroxyl groups is 2. The number of carbonyl (C=O) groups is 1. The summed E-state index contributed by atoms with van der Waals surface area (Å²) in [6.45, 7) is 0.439. The zero-order chi connectivity index (χ0) is 15.3. The summed E-state index contributed by atoms with van der Waals surface area (Å²) in [7, 11) is 0. The number of carbonyl (C=O) groups excluding carboxylic acids is 1. The summed E-state index contributed by atoms with van der Waals surface area (Å²) in [6, 6.07) is 0. The van der Waals surface area contributed by atoms with E-state index in [0.717, 1.165) is 19.3 Å². The van der Waals surface area contributed by atoms with Crippen molar-refractivity contribution in [1.29, 1.82) is 0 Å². The molecule has 112 valence electrons. The van der Waals surface area contributed by atoms with Crippen LogP contribution in [-0.2, 0) is 6.42 Å². The number of Topliss-reactive ketones (excluding diaryl/α,β-unsaturated/α-hetero) is 1. The molecule has 0 saturated heterocycles. The SMILES string of the molecule is CCCCCCc1c(O)c(F)c(F)c(C(=O)CF)c1O. The zero-order valence-corrected chi connectivity index (χ0v) is 11.2. The molecule has 6 heteroatoms. The number of benzene rings is 1. The first kappa shape index (κ1) is 16.3. The van der Waals surface area contributed by atoms with Gasteiger partial charge in [-0.25, -0.2) is 8.78 Å². The molecule has 0 atom stereocenters. The van der Waals surface area contributed by atoms with Crippen LogP contribution in [0.1, 0.15) is 48.5 Å². The highest BCUT2D eigenvalue weighted by atomic mass is 19.2. The van der Waals surface area contributed by atoms with Crippen molar-refractivity contribution < 1.29 is 28.2 Å². The van der Waals surface area contributed by atoms with Gasteiger partial charge in [0.2, 0.25) is 11.6 Å². The molecule has 0 aliphatic heterocycles. The summed E-state index contributed by atoms with van der Waals surface area (Å²) in [4.78, 5) is 11.2. The third-order valence-corrected chi connectivity index (χ3v) is 3.11. The molecule has 1 aromatic rings. The minimum atomic E-state index is -1.72. The molecule has 0 saturated carbocycles. The lowest BCUT2D eigenvalue weighted by atomic mass is 9.98. The summed E-state index contributed by atoms with van der Waals surface area (Å²) in [5.41, 5.74) is -1.29. The predicted octanol–water partition coefficient (Wildman–Crippen LogP) is 3.65. The van der Waals surface area contributed by atoms with E-state index in [-0.39, 0.29) is 12.0 Å². The van der Waals surface area contributed by atoms with Gasteiger partial charge in [-0.3, -0.25) is 4.79 Å². The van der Waals surface area contributed by atoms with Gasteiger partial charge < -0.3 is 10.2 Å². The molecule has 2 N–H and O–H groups in total. The van der Waals surface area contributed by atoms with Crippen LogP contribution in [-0.4, -0.2) is 22.7 Å². The highest BCUT2D eigenvalue weighted by Crippen LogP contribution is 2.37. The molecule has 20 heavy (non-hydrogen) atoms. The second-order valence-electron chi connectivity index (χ2n) is 4.55. The van der Waals surface area contributed by atoms with E-state index in [1.54, 1.807) is 0 Å². The fraction of sp³-hybridized carbons (Fsp3) is 0.500. The Morgan fingerprint density at radius 2 is 1.70 bits per heavy atom. The molecule has 0 unspecified atom stereocenters. The fourth-order valence-corrected chi connectivity index (χ4v) is 2.00. The van der Waals surface area contributed by atoms with Gasteiger partial charge in [-0.15, -0.1) is 0 Å². The van der Waals surface area contributed by atoms with Crippen molar-refractivity contribution in [3.8, 4) is 11.5 Å². The Kier molecular flexibility index (Phi) is 5.85. The lowest BCUT2D eigenvalue weighted by Gasteiger charge is -2.12. The Morgan fingerprint density at radius 1 is 1.05 bits per heavy atom. The van der Waals surface area contributed by atoms with E-state index in [1.165, 1.54) is 0 Å². The largest absolute Gasteiger partial charge is 0.507 e. The number of unbranched alkanes of at least 4 members (excludes halogenated alkanes) is 3. The number of halogens is 3. The van der Waals surface area contributed by atoms with E-state index in [0.29, 0.717) is 6.42 Å². The number of hydrogen-bond donors (Lipinski definition) is 2. The van der Waals surface area contributed by atoms with Gasteiger partial charge >= 0.3 is 0 Å². The summed E-state index contributed by atoms with van der Waals surface area (Å²) < 4.78 is 39.3. The Morgan fingerprint density at radius 3 is 2.25 bits per heavy atom. The molecule has 0 spiro atoms. The average Bonchev–Trinajstić information content (AvgIpc) is 2.44. The maximum atomic E-state index is 13.5. The van der Waals surface area contributed by atoms with Crippen LogP contribution in [0.5, 0.6) is 11.5 Å². The first-order valence-corrected chi connectivity index (χ1v) is 6.46. The lowest BCUT2D eigenvalue weighted by Crippen LogP contribution is -2.09. The van der Waals surface area contributed by atoms with Crippen molar-refractivity contribution in [3.05, 3.63) is 22.8 Å². The summed E-state index contributed by atoms with van der Waals surface area (Å²) >= 11 is 0. The van der Waals surface area contributed by atoms with Crippen LogP contribution in [0.15, 0.2) is 0 Å². The maximum absolute atomic E-state index is 13.5. The molecule has 1 rings (SSSR count). The van der Waals surface area contributed by atoms with Gasteiger partial charge in [0.25, 0.3) is 0 Å². The van der Waals surface area contributed by atoms with Gasteiger partial charge in [-0.05, 0) is 12.8 Å². The number of phenolic OH excluding ortho intramolecular Hbond substituents is 2. The third-order valence-electron chi connectivity index (χ3n) is 3.11. The van der Waals surface area contributed by atoms with Crippen LogP contribution in [0.2, 0.25) is 0 Å². The van der Waals surface area contributed by atoms with E-state index in [1.807, 2.05) is 6.92 Å². The van der Waals surface area contributed by atoms with Gasteiger partial charge in [0, 0.05) is 5.56 Å². The highest BCUT2D eigenvalue weighted by Gasteiger charge is 2.27. The molecule has 0 radical (unpaired) electrons. The summed E-state index contributed by atoms with van der Waals surface area (Å²) in [5, 5.41) is 19.3. The Balaban J connectivity index is 3.16. The van der Waals surface area contributed by atoms with Crippen molar-refractivity contribution in [2.45, 2.75) is 39.0 Å². The standard InChI is InChI=1S/C14H17F3O3/c1-2-3-4-5-6-8-13(19)10(9(18)7-15)11(16)12(17)14(8)20/h19-20H,2-7H2,1H3. The van der Waals surface area contributed by atoms with Crippen LogP contribution in [0.25, 0.3) is 0 Å². The molecule has 3 nitrogen and oxygen atoms in total. The van der Waals surface area contributed by atoms with Gasteiger partial charge in [-0.2, -0.15) is 4.39 Å². The molecule has 0 fully saturated rings. The lowest BCUT2D eigenvalue weighted by molar-refractivity contribution is 0.0950. The van der Waals surface area contributed by atoms with E-state index in [4.69, 9.17) is 0 Å². The summed E-state index contributed by atoms with van der Waals surface area (Å²) in [6.07, 6.45) is 3.27. The molecule has 0 aliphatic carbocycles. The average molecular weight is 290 g/mol. The van der Waals surface area contributed by atoms with E-state index in [2.05, 4.69) is 0 Å². The van der Waals surface area contributed by atoms with Crippen molar-refractivity contribution in [2.24, 2.45) is 0 Å². The van der Waals surface area contributed by atoms with Gasteiger partial charge in [-0.1, -0.05) is 26.2 Å². The van der Waals surface area contributed by atoms with Gasteiger partial charge in [0.05, 0.1) is 0 Å². The molecule has 0 aromatic heterocycles. The number of rotatable bonds is 7. The molecule has 1 aromatic carbocycles. The van der Waals surface area contributed by atoms with Gasteiger partial charge in [0.1, 0.15) is 11.3 Å². The monoisotopic (exact) mass is 290 g/mol. The fourth-order valence-electron chi connectivity index (χ4n) is 2.00. The first-order chi connectivity index (χ1) is 9.45. The van der Waals surface area contributed by atoms with Crippen LogP contribution < -0.4 is 0 Å². The maximum Gasteiger partial charge on any atom is 0.201 e. The molecule has 0 aliphatic rings. The normalized spacial score (nSPS) is 10.8. The minimum Gasteiger partial charge on any atom is -0.507 e. The highest BCUT2D eigenvalue weighted by molar-refractivity contribution is 6.00. The second-order valence-corrected chi connectivity index (χ2v) is 4.55. The summed E-state index contributed by atoms with van der Waals surface area (Å²) in [5.74, 6) is -6.61. The van der Waals surface area contributed by atoms with E-state index < -0.39 is 41.2 Å². The zero-order valence-electron chi connectivity index (χ0n) is 11.2. The number of ketones is 1. The quantitative estimate of drug-likeness (QED) is 0.595. The smallest absolute Gasteiger partial charge is 0.201 e. The number of phenols is 2. The van der Waals surface area contributed by atoms with Crippen LogP contribution in [0.3, 0.4) is 0 Å². The molecule has 0 bridgehead atoms. The number of alkyl halides is 1. The first-order valence-electron chi connectivity index (χ1n) is 6.46. The van der Waals surface area contributed by atoms with E-state index >= 15 is 0 Å². The number of hydrogen-bond acceptors (Lipinski definition) is 3. The van der Waals surface area contributed by atoms with Crippen molar-refractivity contribution >= 4 is 5.78 Å². The Bertz CT molecular complexity index is 501. The minimum absolute atomic E-state index is 0.0848. The predicted molar refractivity (Wildman–Crippen MR) is 67.8 cm³/mol. The molecule has 0 heterocycles. The Hall–Kier alpha value is -1.72. The van der Waals surface area contributed by atoms with Gasteiger partial charge in [0.15, 0.2) is 18.2 Å². The molecule has 0 amide bonds. The van der Waals surface area contributed by atoms with Crippen LogP contribution >= 0.6 is 0 Å².